The molecule has 160 valence electrons. The van der Waals surface area contributed by atoms with Crippen LogP contribution in [0.4, 0.5) is 5.69 Å². The molecule has 9 heteroatoms. The van der Waals surface area contributed by atoms with E-state index in [0.29, 0.717) is 30.7 Å². The summed E-state index contributed by atoms with van der Waals surface area (Å²) in [6, 6.07) is 11.8. The number of quaternary nitrogens is 1. The molecular formula is C22H22N4O5. The molecule has 3 aromatic rings. The Balaban J connectivity index is 1.52. The number of piperidine rings is 1. The first-order valence-electron chi connectivity index (χ1n) is 10.2. The van der Waals surface area contributed by atoms with Crippen molar-refractivity contribution in [2.24, 2.45) is 13.0 Å². The lowest BCUT2D eigenvalue weighted by Crippen LogP contribution is -3.00. The topological polar surface area (TPSA) is 112 Å². The number of carbonyl (C=O) groups is 1. The molecule has 2 N–H and O–H groups in total. The fraction of sp³-hybridized carbons (Fsp3) is 0.318. The number of likely N-dealkylation sites (tertiary alicyclic amines) is 1. The second-order valence-electron chi connectivity index (χ2n) is 8.37. The van der Waals surface area contributed by atoms with Crippen molar-refractivity contribution in [1.82, 2.24) is 14.0 Å². The molecule has 1 saturated heterocycles. The van der Waals surface area contributed by atoms with Gasteiger partial charge in [0.2, 0.25) is 5.69 Å². The van der Waals surface area contributed by atoms with Gasteiger partial charge in [-0.05, 0) is 24.5 Å². The highest BCUT2D eigenvalue weighted by Crippen LogP contribution is 2.36. The largest absolute Gasteiger partial charge is 0.595 e. The third-order valence-electron chi connectivity index (χ3n) is 6.51. The van der Waals surface area contributed by atoms with Crippen molar-refractivity contribution in [1.29, 1.82) is 0 Å². The fourth-order valence-electron chi connectivity index (χ4n) is 5.03. The summed E-state index contributed by atoms with van der Waals surface area (Å²) in [7, 11) is 1.68. The molecule has 5 rings (SSSR count). The summed E-state index contributed by atoms with van der Waals surface area (Å²) in [6.07, 6.45) is 0.840. The molecule has 1 fully saturated rings. The minimum absolute atomic E-state index is 0.0507. The van der Waals surface area contributed by atoms with E-state index in [1.807, 2.05) is 24.3 Å². The number of aromatic nitrogens is 2. The predicted octanol–water partition coefficient (Wildman–Crippen LogP) is 0.363. The maximum absolute atomic E-state index is 13.5. The monoisotopic (exact) mass is 422 g/mol. The minimum atomic E-state index is -1.23. The molecule has 31 heavy (non-hydrogen) atoms. The van der Waals surface area contributed by atoms with Crippen molar-refractivity contribution in [2.75, 3.05) is 13.1 Å². The van der Waals surface area contributed by atoms with Gasteiger partial charge in [-0.1, -0.05) is 18.2 Å². The van der Waals surface area contributed by atoms with Crippen LogP contribution >= 0.6 is 0 Å². The van der Waals surface area contributed by atoms with Crippen LogP contribution in [0.2, 0.25) is 0 Å². The van der Waals surface area contributed by atoms with Crippen LogP contribution in [0.25, 0.3) is 10.9 Å². The number of hydrogen-bond donors (Lipinski definition) is 2. The van der Waals surface area contributed by atoms with Crippen LogP contribution in [0.15, 0.2) is 52.1 Å². The Morgan fingerprint density at radius 3 is 2.68 bits per heavy atom. The van der Waals surface area contributed by atoms with Crippen LogP contribution in [-0.4, -0.2) is 38.2 Å². The van der Waals surface area contributed by atoms with E-state index in [1.165, 1.54) is 16.7 Å². The molecule has 3 atom stereocenters. The van der Waals surface area contributed by atoms with Crippen molar-refractivity contribution >= 4 is 22.5 Å². The van der Waals surface area contributed by atoms with Crippen molar-refractivity contribution in [3.05, 3.63) is 79.6 Å². The number of para-hydroxylation sites is 1. The summed E-state index contributed by atoms with van der Waals surface area (Å²) in [5, 5.41) is 20.1. The summed E-state index contributed by atoms with van der Waals surface area (Å²) in [4.78, 5) is 40.3. The maximum Gasteiger partial charge on any atom is 0.315 e. The van der Waals surface area contributed by atoms with Crippen LogP contribution in [0, 0.1) is 11.1 Å². The average molecular weight is 422 g/mol. The molecule has 0 aliphatic carbocycles. The van der Waals surface area contributed by atoms with Crippen molar-refractivity contribution < 1.29 is 15.2 Å². The molecule has 1 unspecified atom stereocenters. The summed E-state index contributed by atoms with van der Waals surface area (Å²) in [5.74, 6) is -0.193. The fourth-order valence-corrected chi connectivity index (χ4v) is 5.03. The maximum atomic E-state index is 13.5. The van der Waals surface area contributed by atoms with E-state index in [4.69, 9.17) is 0 Å². The van der Waals surface area contributed by atoms with E-state index < -0.39 is 10.8 Å². The van der Waals surface area contributed by atoms with Crippen LogP contribution in [-0.2, 0) is 13.6 Å². The van der Waals surface area contributed by atoms with E-state index in [0.717, 1.165) is 17.5 Å². The first kappa shape index (κ1) is 19.7. The van der Waals surface area contributed by atoms with Gasteiger partial charge in [-0.25, -0.2) is 5.21 Å². The van der Waals surface area contributed by atoms with Crippen molar-refractivity contribution in [3.8, 4) is 0 Å². The number of hydrogen-bond acceptors (Lipinski definition) is 5. The molecule has 0 saturated carbocycles. The van der Waals surface area contributed by atoms with Gasteiger partial charge in [0.25, 0.3) is 11.5 Å². The van der Waals surface area contributed by atoms with E-state index in [-0.39, 0.29) is 29.0 Å². The van der Waals surface area contributed by atoms with Gasteiger partial charge in [0.05, 0.1) is 11.1 Å². The third-order valence-corrected chi connectivity index (χ3v) is 6.51. The van der Waals surface area contributed by atoms with Crippen LogP contribution in [0.1, 0.15) is 28.4 Å². The van der Waals surface area contributed by atoms with Gasteiger partial charge in [0.1, 0.15) is 0 Å². The molecule has 0 radical (unpaired) electrons. The summed E-state index contributed by atoms with van der Waals surface area (Å²) in [6.45, 7) is 1.26. The molecule has 2 aliphatic heterocycles. The number of fused-ring (bicyclic) bond motifs is 5. The summed E-state index contributed by atoms with van der Waals surface area (Å²) in [5.41, 5.74) is 0.890. The highest BCUT2D eigenvalue weighted by atomic mass is 16.8. The first-order valence-corrected chi connectivity index (χ1v) is 10.2. The Hall–Kier alpha value is -3.27. The Labute approximate surface area is 176 Å². The number of benzene rings is 1. The molecule has 0 spiro atoms. The Bertz CT molecular complexity index is 1330. The number of rotatable bonds is 2. The minimum Gasteiger partial charge on any atom is -0.595 e. The van der Waals surface area contributed by atoms with E-state index in [2.05, 4.69) is 0 Å². The van der Waals surface area contributed by atoms with Gasteiger partial charge in [-0.2, -0.15) is 5.23 Å². The SMILES string of the molecule is Cn1c(=O)cc(C(=O)N2C[C@@H]3C[C@@H](C2)c2ccc([NH+]([O-])O)c(=O)n2C3)c2ccccc21. The Morgan fingerprint density at radius 1 is 1.13 bits per heavy atom. The number of carbonyl (C=O) groups excluding carboxylic acids is 1. The van der Waals surface area contributed by atoms with Crippen LogP contribution < -0.4 is 16.3 Å². The predicted molar refractivity (Wildman–Crippen MR) is 112 cm³/mol. The van der Waals surface area contributed by atoms with Gasteiger partial charge in [-0.3, -0.25) is 14.4 Å². The molecule has 1 amide bonds. The lowest BCUT2D eigenvalue weighted by atomic mass is 9.82. The molecule has 1 aromatic carbocycles. The number of nitrogens with zero attached hydrogens (tertiary/aromatic N) is 3. The number of aryl methyl sites for hydroxylation is 1. The molecule has 2 aliphatic rings. The molecule has 4 heterocycles. The molecular weight excluding hydrogens is 400 g/mol. The van der Waals surface area contributed by atoms with Crippen molar-refractivity contribution in [3.63, 3.8) is 0 Å². The van der Waals surface area contributed by atoms with Gasteiger partial charge in [0, 0.05) is 55.8 Å². The summed E-state index contributed by atoms with van der Waals surface area (Å²) >= 11 is 0. The van der Waals surface area contributed by atoms with Crippen LogP contribution in [0.5, 0.6) is 0 Å². The zero-order valence-electron chi connectivity index (χ0n) is 16.9. The number of nitrogens with one attached hydrogen (secondary N) is 1. The van der Waals surface area contributed by atoms with Gasteiger partial charge in [-0.15, -0.1) is 0 Å². The highest BCUT2D eigenvalue weighted by Gasteiger charge is 2.37. The number of pyridine rings is 2. The van der Waals surface area contributed by atoms with Gasteiger partial charge in [0.15, 0.2) is 0 Å². The lowest BCUT2D eigenvalue weighted by molar-refractivity contribution is -0.992. The Morgan fingerprint density at radius 2 is 1.90 bits per heavy atom. The first-order chi connectivity index (χ1) is 14.8. The van der Waals surface area contributed by atoms with E-state index in [9.17, 15) is 24.8 Å². The second-order valence-corrected chi connectivity index (χ2v) is 8.37. The standard InChI is InChI=1S/C22H22N4O5/c1-23-18-5-3-2-4-15(18)16(9-20(23)27)21(28)24-10-13-8-14(12-24)17-6-7-19(26(30)31)22(29)25(17)11-13/h2-7,9,13-14,26,30H,8,10-12H2,1H3/t13-,14-/m0/s1. The second kappa shape index (κ2) is 7.16. The normalized spacial score (nSPS) is 21.1. The highest BCUT2D eigenvalue weighted by molar-refractivity contribution is 6.06. The molecule has 2 aromatic heterocycles. The molecule has 9 nitrogen and oxygen atoms in total. The molecule has 2 bridgehead atoms. The third kappa shape index (κ3) is 3.09. The van der Waals surface area contributed by atoms with Gasteiger partial charge < -0.3 is 19.2 Å². The van der Waals surface area contributed by atoms with E-state index in [1.54, 1.807) is 22.6 Å². The van der Waals surface area contributed by atoms with Gasteiger partial charge >= 0.3 is 5.56 Å². The summed E-state index contributed by atoms with van der Waals surface area (Å²) < 4.78 is 3.08. The zero-order valence-corrected chi connectivity index (χ0v) is 16.9. The zero-order chi connectivity index (χ0) is 21.9. The average Bonchev–Trinajstić information content (AvgIpc) is 2.76. The lowest BCUT2D eigenvalue weighted by Gasteiger charge is -2.43. The van der Waals surface area contributed by atoms with Crippen LogP contribution in [0.3, 0.4) is 0 Å². The quantitative estimate of drug-likeness (QED) is 0.580. The Kier molecular flexibility index (Phi) is 4.54. The van der Waals surface area contributed by atoms with Crippen molar-refractivity contribution in [2.45, 2.75) is 18.9 Å². The number of amides is 1. The van der Waals surface area contributed by atoms with E-state index >= 15 is 0 Å². The smallest absolute Gasteiger partial charge is 0.315 e.